The Hall–Kier alpha value is -0.900. The highest BCUT2D eigenvalue weighted by atomic mass is 32.2. The Balaban J connectivity index is 1.86. The number of morpholine rings is 1. The van der Waals surface area contributed by atoms with Crippen molar-refractivity contribution in [3.8, 4) is 0 Å². The van der Waals surface area contributed by atoms with Crippen LogP contribution in [0.25, 0.3) is 0 Å². The van der Waals surface area contributed by atoms with Gasteiger partial charge in [0.1, 0.15) is 0 Å². The molecule has 1 N–H and O–H groups in total. The third-order valence-corrected chi connectivity index (χ3v) is 5.99. The first kappa shape index (κ1) is 20.4. The zero-order chi connectivity index (χ0) is 18.4. The van der Waals surface area contributed by atoms with Crippen LogP contribution < -0.4 is 5.32 Å². The van der Waals surface area contributed by atoms with Crippen molar-refractivity contribution in [1.82, 2.24) is 19.4 Å². The first-order chi connectivity index (χ1) is 11.8. The van der Waals surface area contributed by atoms with Gasteiger partial charge in [0.15, 0.2) is 0 Å². The Morgan fingerprint density at radius 1 is 1.28 bits per heavy atom. The van der Waals surface area contributed by atoms with Crippen LogP contribution in [-0.4, -0.2) is 99.4 Å². The van der Waals surface area contributed by atoms with E-state index in [1.165, 1.54) is 6.26 Å². The third kappa shape index (κ3) is 6.40. The highest BCUT2D eigenvalue weighted by molar-refractivity contribution is 7.88. The fourth-order valence-corrected chi connectivity index (χ4v) is 4.57. The summed E-state index contributed by atoms with van der Waals surface area (Å²) in [5.74, 6) is 0. The number of urea groups is 1. The molecule has 146 valence electrons. The maximum Gasteiger partial charge on any atom is 0.317 e. The van der Waals surface area contributed by atoms with Gasteiger partial charge >= 0.3 is 6.03 Å². The summed E-state index contributed by atoms with van der Waals surface area (Å²) < 4.78 is 31.4. The van der Waals surface area contributed by atoms with Gasteiger partial charge in [-0.25, -0.2) is 13.2 Å². The van der Waals surface area contributed by atoms with Crippen LogP contribution >= 0.6 is 0 Å². The molecule has 1 unspecified atom stereocenters. The molecular weight excluding hydrogens is 344 g/mol. The summed E-state index contributed by atoms with van der Waals surface area (Å²) in [5.41, 5.74) is 0. The van der Waals surface area contributed by atoms with Crippen LogP contribution in [0.3, 0.4) is 0 Å². The predicted molar refractivity (Wildman–Crippen MR) is 97.1 cm³/mol. The molecule has 0 bridgehead atoms. The van der Waals surface area contributed by atoms with Crippen molar-refractivity contribution < 1.29 is 17.9 Å². The van der Waals surface area contributed by atoms with Gasteiger partial charge in [-0.3, -0.25) is 4.90 Å². The monoisotopic (exact) mass is 376 g/mol. The molecule has 2 saturated heterocycles. The number of nitrogens with one attached hydrogen (secondary N) is 1. The molecule has 0 radical (unpaired) electrons. The number of ether oxygens (including phenoxy) is 1. The predicted octanol–water partition coefficient (Wildman–Crippen LogP) is 0.163. The number of rotatable bonds is 7. The lowest BCUT2D eigenvalue weighted by Gasteiger charge is -2.30. The molecule has 0 aliphatic carbocycles. The van der Waals surface area contributed by atoms with Crippen molar-refractivity contribution in [3.05, 3.63) is 0 Å². The van der Waals surface area contributed by atoms with Crippen LogP contribution in [0.4, 0.5) is 4.79 Å². The normalized spacial score (nSPS) is 22.8. The minimum absolute atomic E-state index is 0.0751. The Labute approximate surface area is 151 Å². The summed E-state index contributed by atoms with van der Waals surface area (Å²) in [6.07, 6.45) is 2.75. The number of sulfonamides is 1. The molecular formula is C16H32N4O4S. The van der Waals surface area contributed by atoms with Gasteiger partial charge in [-0.1, -0.05) is 0 Å². The molecule has 2 aliphatic heterocycles. The van der Waals surface area contributed by atoms with Crippen LogP contribution in [0.1, 0.15) is 26.7 Å². The zero-order valence-electron chi connectivity index (χ0n) is 15.6. The maximum atomic E-state index is 12.2. The highest BCUT2D eigenvalue weighted by Crippen LogP contribution is 2.19. The SMILES string of the molecule is CC(C)NC(=O)N1CCC(N(CCCN2CCOCC2)S(C)(=O)=O)C1. The second-order valence-electron chi connectivity index (χ2n) is 7.17. The molecule has 25 heavy (non-hydrogen) atoms. The summed E-state index contributed by atoms with van der Waals surface area (Å²) in [4.78, 5) is 16.1. The summed E-state index contributed by atoms with van der Waals surface area (Å²) in [5, 5.41) is 2.87. The molecule has 8 nitrogen and oxygen atoms in total. The Morgan fingerprint density at radius 2 is 1.96 bits per heavy atom. The van der Waals surface area contributed by atoms with Crippen LogP contribution in [0, 0.1) is 0 Å². The second kappa shape index (κ2) is 9.16. The lowest BCUT2D eigenvalue weighted by atomic mass is 10.2. The van der Waals surface area contributed by atoms with E-state index in [1.807, 2.05) is 13.8 Å². The molecule has 1 atom stereocenters. The smallest absolute Gasteiger partial charge is 0.317 e. The molecule has 9 heteroatoms. The van der Waals surface area contributed by atoms with E-state index in [1.54, 1.807) is 9.21 Å². The van der Waals surface area contributed by atoms with Gasteiger partial charge in [0.25, 0.3) is 0 Å². The van der Waals surface area contributed by atoms with Gasteiger partial charge in [-0.15, -0.1) is 0 Å². The van der Waals surface area contributed by atoms with Gasteiger partial charge < -0.3 is 15.0 Å². The average molecular weight is 377 g/mol. The molecule has 0 aromatic carbocycles. The molecule has 0 saturated carbocycles. The minimum atomic E-state index is -3.29. The van der Waals surface area contributed by atoms with Crippen LogP contribution in [-0.2, 0) is 14.8 Å². The van der Waals surface area contributed by atoms with E-state index in [2.05, 4.69) is 10.2 Å². The summed E-state index contributed by atoms with van der Waals surface area (Å²) in [6.45, 7) is 9.58. The van der Waals surface area contributed by atoms with Gasteiger partial charge in [-0.2, -0.15) is 4.31 Å². The van der Waals surface area contributed by atoms with Gasteiger partial charge in [0.2, 0.25) is 10.0 Å². The highest BCUT2D eigenvalue weighted by Gasteiger charge is 2.34. The van der Waals surface area contributed by atoms with E-state index in [0.717, 1.165) is 39.3 Å². The molecule has 2 aliphatic rings. The van der Waals surface area contributed by atoms with E-state index in [0.29, 0.717) is 26.1 Å². The number of hydrogen-bond donors (Lipinski definition) is 1. The summed E-state index contributed by atoms with van der Waals surface area (Å²) in [7, 11) is -3.29. The molecule has 0 aromatic heterocycles. The molecule has 2 fully saturated rings. The first-order valence-corrected chi connectivity index (χ1v) is 10.9. The van der Waals surface area contributed by atoms with Crippen molar-refractivity contribution >= 4 is 16.1 Å². The van der Waals surface area contributed by atoms with Crippen molar-refractivity contribution in [1.29, 1.82) is 0 Å². The van der Waals surface area contributed by atoms with Crippen molar-refractivity contribution in [2.45, 2.75) is 38.8 Å². The van der Waals surface area contributed by atoms with Crippen LogP contribution in [0.5, 0.6) is 0 Å². The standard InChI is InChI=1S/C16H32N4O4S/c1-14(2)17-16(21)19-8-5-15(13-19)20(25(3,22)23)7-4-6-18-9-11-24-12-10-18/h14-15H,4-13H2,1-3H3,(H,17,21). The number of amides is 2. The maximum absolute atomic E-state index is 12.2. The Kier molecular flexibility index (Phi) is 7.48. The molecule has 2 heterocycles. The van der Waals surface area contributed by atoms with Gasteiger partial charge in [0.05, 0.1) is 19.5 Å². The number of carbonyl (C=O) groups is 1. The van der Waals surface area contributed by atoms with Crippen molar-refractivity contribution in [2.24, 2.45) is 0 Å². The molecule has 2 amide bonds. The van der Waals surface area contributed by atoms with Crippen LogP contribution in [0.2, 0.25) is 0 Å². The van der Waals surface area contributed by atoms with E-state index in [-0.39, 0.29) is 18.1 Å². The van der Waals surface area contributed by atoms with E-state index in [9.17, 15) is 13.2 Å². The topological polar surface area (TPSA) is 82.2 Å². The lowest BCUT2D eigenvalue weighted by molar-refractivity contribution is 0.0366. The number of likely N-dealkylation sites (tertiary alicyclic amines) is 1. The first-order valence-electron chi connectivity index (χ1n) is 9.09. The van der Waals surface area contributed by atoms with E-state index < -0.39 is 10.0 Å². The Morgan fingerprint density at radius 3 is 2.56 bits per heavy atom. The quantitative estimate of drug-likeness (QED) is 0.685. The fourth-order valence-electron chi connectivity index (χ4n) is 3.39. The fraction of sp³-hybridized carbons (Fsp3) is 0.938. The number of hydrogen-bond acceptors (Lipinski definition) is 5. The van der Waals surface area contributed by atoms with Gasteiger partial charge in [0, 0.05) is 44.8 Å². The Bertz CT molecular complexity index is 534. The zero-order valence-corrected chi connectivity index (χ0v) is 16.4. The van der Waals surface area contributed by atoms with E-state index >= 15 is 0 Å². The largest absolute Gasteiger partial charge is 0.379 e. The average Bonchev–Trinajstić information content (AvgIpc) is 3.00. The van der Waals surface area contributed by atoms with E-state index in [4.69, 9.17) is 4.74 Å². The number of nitrogens with zero attached hydrogens (tertiary/aromatic N) is 3. The van der Waals surface area contributed by atoms with Crippen molar-refractivity contribution in [2.75, 3.05) is 58.7 Å². The minimum Gasteiger partial charge on any atom is -0.379 e. The summed E-state index contributed by atoms with van der Waals surface area (Å²) in [6, 6.07) is -0.164. The third-order valence-electron chi connectivity index (χ3n) is 4.65. The summed E-state index contributed by atoms with van der Waals surface area (Å²) >= 11 is 0. The van der Waals surface area contributed by atoms with Crippen molar-refractivity contribution in [3.63, 3.8) is 0 Å². The molecule has 0 aromatic rings. The second-order valence-corrected chi connectivity index (χ2v) is 9.11. The van der Waals surface area contributed by atoms with Gasteiger partial charge in [-0.05, 0) is 33.2 Å². The number of carbonyl (C=O) groups excluding carboxylic acids is 1. The molecule has 0 spiro atoms. The molecule has 2 rings (SSSR count). The van der Waals surface area contributed by atoms with Crippen LogP contribution in [0.15, 0.2) is 0 Å². The lowest BCUT2D eigenvalue weighted by Crippen LogP contribution is -2.46.